The van der Waals surface area contributed by atoms with Gasteiger partial charge in [-0.2, -0.15) is 0 Å². The van der Waals surface area contributed by atoms with Crippen molar-refractivity contribution in [2.75, 3.05) is 24.4 Å². The van der Waals surface area contributed by atoms with Crippen molar-refractivity contribution in [2.45, 2.75) is 44.9 Å². The van der Waals surface area contributed by atoms with Crippen molar-refractivity contribution < 1.29 is 38.1 Å². The Morgan fingerprint density at radius 3 is 2.28 bits per heavy atom. The zero-order valence-corrected chi connectivity index (χ0v) is 25.9. The van der Waals surface area contributed by atoms with E-state index in [9.17, 15) is 14.4 Å². The molecule has 4 aromatic rings. The number of benzene rings is 3. The quantitative estimate of drug-likeness (QED) is 0.0701. The zero-order chi connectivity index (χ0) is 32.7. The molecule has 1 heterocycles. The van der Waals surface area contributed by atoms with E-state index in [1.165, 1.54) is 25.4 Å². The van der Waals surface area contributed by atoms with E-state index in [1.807, 2.05) is 0 Å². The van der Waals surface area contributed by atoms with Gasteiger partial charge in [0.2, 0.25) is 11.8 Å². The molecule has 0 unspecified atom stereocenters. The van der Waals surface area contributed by atoms with Crippen LogP contribution in [0.3, 0.4) is 0 Å². The first kappa shape index (κ1) is 35.9. The number of rotatable bonds is 15. The summed E-state index contributed by atoms with van der Waals surface area (Å²) in [5.74, 6) is -1.29. The fourth-order valence-corrected chi connectivity index (χ4v) is 5.12. The molecule has 1 saturated carbocycles. The first-order chi connectivity index (χ1) is 22.2. The average Bonchev–Trinajstić information content (AvgIpc) is 3.84. The number of carbonyl (C=O) groups excluding carboxylic acids is 2. The molecule has 10 nitrogen and oxygen atoms in total. The number of halogens is 2. The van der Waals surface area contributed by atoms with E-state index in [0.717, 1.165) is 25.3 Å². The van der Waals surface area contributed by atoms with E-state index in [4.69, 9.17) is 30.9 Å². The number of unbranched alkanes of at least 4 members (excludes halogenated alkanes) is 3. The number of hydrogen-bond acceptors (Lipinski definition) is 7. The van der Waals surface area contributed by atoms with Crippen LogP contribution in [-0.2, 0) is 14.4 Å². The van der Waals surface area contributed by atoms with Crippen LogP contribution in [-0.4, -0.2) is 71.1 Å². The fraction of sp³-hybridized carbons (Fsp3) is 0.294. The van der Waals surface area contributed by atoms with E-state index >= 15 is 4.39 Å². The van der Waals surface area contributed by atoms with Crippen LogP contribution in [0.2, 0.25) is 5.02 Å². The van der Waals surface area contributed by atoms with Crippen LogP contribution in [0.5, 0.6) is 23.0 Å². The molecule has 3 N–H and O–H groups in total. The number of nitrogens with zero attached hydrogens (tertiary/aromatic N) is 1. The Morgan fingerprint density at radius 1 is 0.894 bits per heavy atom. The number of carbonyl (C=O) groups is 3. The summed E-state index contributed by atoms with van der Waals surface area (Å²) in [5.41, 5.74) is -0.0321. The van der Waals surface area contributed by atoms with Crippen molar-refractivity contribution in [3.8, 4) is 23.0 Å². The molecule has 0 spiro atoms. The van der Waals surface area contributed by atoms with Crippen LogP contribution in [0.15, 0.2) is 66.9 Å². The first-order valence-corrected chi connectivity index (χ1v) is 15.2. The van der Waals surface area contributed by atoms with Gasteiger partial charge >= 0.3 is 35.5 Å². The van der Waals surface area contributed by atoms with E-state index in [0.29, 0.717) is 64.7 Å². The molecular formula is C34H34ClFN3NaO7. The number of pyridine rings is 1. The number of ether oxygens (including phenoxy) is 3. The third-order valence-electron chi connectivity index (χ3n) is 7.64. The summed E-state index contributed by atoms with van der Waals surface area (Å²) < 4.78 is 32.6. The van der Waals surface area contributed by atoms with Crippen LogP contribution in [0.4, 0.5) is 15.8 Å². The van der Waals surface area contributed by atoms with Gasteiger partial charge in [-0.05, 0) is 68.1 Å². The Morgan fingerprint density at radius 2 is 1.62 bits per heavy atom. The third-order valence-corrected chi connectivity index (χ3v) is 7.88. The Kier molecular flexibility index (Phi) is 12.4. The van der Waals surface area contributed by atoms with Gasteiger partial charge in [0, 0.05) is 46.5 Å². The summed E-state index contributed by atoms with van der Waals surface area (Å²) in [6.45, 7) is 0.424. The van der Waals surface area contributed by atoms with Gasteiger partial charge in [0.1, 0.15) is 11.2 Å². The Balaban J connectivity index is 0.00000500. The number of fused-ring (bicyclic) bond motifs is 1. The normalized spacial score (nSPS) is 12.8. The molecule has 1 aliphatic rings. The molecule has 1 aliphatic carbocycles. The van der Waals surface area contributed by atoms with Gasteiger partial charge in [0.15, 0.2) is 23.1 Å². The molecule has 1 aromatic heterocycles. The van der Waals surface area contributed by atoms with Crippen LogP contribution in [0.1, 0.15) is 44.9 Å². The second-order valence-corrected chi connectivity index (χ2v) is 11.4. The molecule has 1 fully saturated rings. The standard InChI is InChI=1S/C34H33ClFN3O7.Na.H/c1-44-29-19-24-26(20-30(29)45-16-5-3-2-4-9-31(40)41)37-15-12-27(24)46-28-11-10-23(18-25(28)36)39-33(43)34(13-14-34)32(42)38-22-8-6-7-21(35)17-22;;/h6-8,10-12,15,17-20H,2-5,9,13-14,16H2,1H3,(H,38,42)(H,39,43)(H,40,41);;. The van der Waals surface area contributed by atoms with Gasteiger partial charge in [-0.1, -0.05) is 30.5 Å². The number of aliphatic carboxylic acids is 1. The number of hydrogen-bond donors (Lipinski definition) is 3. The predicted molar refractivity (Wildman–Crippen MR) is 179 cm³/mol. The van der Waals surface area contributed by atoms with Crippen LogP contribution < -0.4 is 24.8 Å². The van der Waals surface area contributed by atoms with Crippen molar-refractivity contribution >= 4 is 81.2 Å². The Bertz CT molecular complexity index is 1770. The molecule has 3 aromatic carbocycles. The fourth-order valence-electron chi connectivity index (χ4n) is 4.93. The van der Waals surface area contributed by atoms with Gasteiger partial charge in [-0.15, -0.1) is 0 Å². The molecule has 5 rings (SSSR count). The molecule has 47 heavy (non-hydrogen) atoms. The average molecular weight is 674 g/mol. The third kappa shape index (κ3) is 9.13. The van der Waals surface area contributed by atoms with Gasteiger partial charge in [0.05, 0.1) is 19.2 Å². The monoisotopic (exact) mass is 673 g/mol. The molecule has 242 valence electrons. The number of carboxylic acids is 1. The zero-order valence-electron chi connectivity index (χ0n) is 25.1. The van der Waals surface area contributed by atoms with E-state index < -0.39 is 29.0 Å². The topological polar surface area (TPSA) is 136 Å². The van der Waals surface area contributed by atoms with Gasteiger partial charge in [0.25, 0.3) is 0 Å². The number of nitrogens with one attached hydrogen (secondary N) is 2. The second-order valence-electron chi connectivity index (χ2n) is 11.0. The minimum absolute atomic E-state index is 0. The summed E-state index contributed by atoms with van der Waals surface area (Å²) in [6.07, 6.45) is 5.46. The van der Waals surface area contributed by atoms with Crippen LogP contribution >= 0.6 is 11.6 Å². The molecular weight excluding hydrogens is 640 g/mol. The summed E-state index contributed by atoms with van der Waals surface area (Å²) in [6, 6.07) is 15.7. The SMILES string of the molecule is COc1cc2c(Oc3ccc(NC(=O)C4(C(=O)Nc5cccc(Cl)c5)CC4)cc3F)ccnc2cc1OCCCCCCC(=O)O.[NaH]. The second kappa shape index (κ2) is 16.3. The summed E-state index contributed by atoms with van der Waals surface area (Å²) in [7, 11) is 1.51. The van der Waals surface area contributed by atoms with Crippen molar-refractivity contribution in [2.24, 2.45) is 5.41 Å². The van der Waals surface area contributed by atoms with Crippen LogP contribution in [0, 0.1) is 11.2 Å². The van der Waals surface area contributed by atoms with Gasteiger partial charge in [-0.25, -0.2) is 4.39 Å². The molecule has 0 bridgehead atoms. The first-order valence-electron chi connectivity index (χ1n) is 14.9. The van der Waals surface area contributed by atoms with Gasteiger partial charge in [-0.3, -0.25) is 19.4 Å². The number of anilines is 2. The van der Waals surface area contributed by atoms with E-state index in [1.54, 1.807) is 42.5 Å². The Labute approximate surface area is 298 Å². The van der Waals surface area contributed by atoms with Crippen molar-refractivity contribution in [1.82, 2.24) is 4.98 Å². The predicted octanol–water partition coefficient (Wildman–Crippen LogP) is 6.95. The maximum atomic E-state index is 15.2. The molecule has 0 radical (unpaired) electrons. The van der Waals surface area contributed by atoms with Crippen molar-refractivity contribution in [1.29, 1.82) is 0 Å². The number of aromatic nitrogens is 1. The number of methoxy groups -OCH3 is 1. The summed E-state index contributed by atoms with van der Waals surface area (Å²) in [5, 5.41) is 15.2. The molecule has 2 amide bonds. The molecule has 0 atom stereocenters. The van der Waals surface area contributed by atoms with E-state index in [-0.39, 0.29) is 47.4 Å². The number of carboxylic acid groups (broad SMARTS) is 1. The molecule has 0 aliphatic heterocycles. The van der Waals surface area contributed by atoms with Gasteiger partial charge < -0.3 is 30.0 Å². The van der Waals surface area contributed by atoms with Crippen LogP contribution in [0.25, 0.3) is 10.9 Å². The number of amides is 2. The minimum atomic E-state index is -1.24. The molecule has 0 saturated heterocycles. The maximum absolute atomic E-state index is 15.2. The van der Waals surface area contributed by atoms with Crippen molar-refractivity contribution in [3.05, 3.63) is 77.7 Å². The summed E-state index contributed by atoms with van der Waals surface area (Å²) in [4.78, 5) is 41.0. The van der Waals surface area contributed by atoms with Crippen molar-refractivity contribution in [3.63, 3.8) is 0 Å². The van der Waals surface area contributed by atoms with E-state index in [2.05, 4.69) is 15.6 Å². The molecule has 13 heteroatoms. The Hall–Kier alpha value is -3.90. The summed E-state index contributed by atoms with van der Waals surface area (Å²) >= 11 is 5.99.